The minimum absolute atomic E-state index is 0.0754. The van der Waals surface area contributed by atoms with E-state index < -0.39 is 0 Å². The van der Waals surface area contributed by atoms with Crippen molar-refractivity contribution in [2.45, 2.75) is 13.5 Å². The molecule has 94 valence electrons. The maximum Gasteiger partial charge on any atom is 0.261 e. The second-order valence-electron chi connectivity index (χ2n) is 3.85. The Balaban J connectivity index is 2.04. The molecule has 0 aliphatic rings. The molecule has 0 aliphatic carbocycles. The lowest BCUT2D eigenvalue weighted by Gasteiger charge is -2.07. The Hall–Kier alpha value is -1.03. The number of hydrogen-bond acceptors (Lipinski definition) is 2. The molecule has 0 unspecified atom stereocenters. The Morgan fingerprint density at radius 2 is 2.11 bits per heavy atom. The number of thiophene rings is 1. The SMILES string of the molecule is Cc1ccsc1C(=O)NCc1ccc(Cl)cc1Cl. The highest BCUT2D eigenvalue weighted by molar-refractivity contribution is 7.12. The second kappa shape index (κ2) is 5.74. The van der Waals surface area contributed by atoms with Crippen molar-refractivity contribution in [2.75, 3.05) is 0 Å². The molecule has 1 aromatic carbocycles. The number of halogens is 2. The van der Waals surface area contributed by atoms with E-state index in [-0.39, 0.29) is 5.91 Å². The third-order valence-corrected chi connectivity index (χ3v) is 4.13. The monoisotopic (exact) mass is 299 g/mol. The molecule has 0 atom stereocenters. The number of aryl methyl sites for hydroxylation is 1. The van der Waals surface area contributed by atoms with E-state index in [2.05, 4.69) is 5.32 Å². The van der Waals surface area contributed by atoms with Crippen molar-refractivity contribution in [3.05, 3.63) is 55.7 Å². The van der Waals surface area contributed by atoms with Crippen LogP contribution in [-0.2, 0) is 6.54 Å². The molecule has 2 nitrogen and oxygen atoms in total. The molecule has 2 aromatic rings. The number of amides is 1. The normalized spacial score (nSPS) is 10.4. The van der Waals surface area contributed by atoms with Gasteiger partial charge in [-0.25, -0.2) is 0 Å². The molecule has 1 N–H and O–H groups in total. The Bertz CT molecular complexity index is 580. The summed E-state index contributed by atoms with van der Waals surface area (Å²) in [6.07, 6.45) is 0. The number of rotatable bonds is 3. The van der Waals surface area contributed by atoms with Gasteiger partial charge in [-0.1, -0.05) is 29.3 Å². The number of carbonyl (C=O) groups is 1. The molecule has 0 bridgehead atoms. The average Bonchev–Trinajstić information content (AvgIpc) is 2.74. The van der Waals surface area contributed by atoms with Crippen LogP contribution in [0.25, 0.3) is 0 Å². The molecule has 5 heteroatoms. The third kappa shape index (κ3) is 3.05. The Morgan fingerprint density at radius 3 is 2.72 bits per heavy atom. The lowest BCUT2D eigenvalue weighted by Crippen LogP contribution is -2.22. The van der Waals surface area contributed by atoms with Gasteiger partial charge in [-0.15, -0.1) is 11.3 Å². The van der Waals surface area contributed by atoms with Crippen molar-refractivity contribution in [2.24, 2.45) is 0 Å². The van der Waals surface area contributed by atoms with Gasteiger partial charge in [0.05, 0.1) is 4.88 Å². The molecule has 0 radical (unpaired) electrons. The number of benzene rings is 1. The molecular weight excluding hydrogens is 289 g/mol. The van der Waals surface area contributed by atoms with Crippen LogP contribution >= 0.6 is 34.5 Å². The fourth-order valence-electron chi connectivity index (χ4n) is 1.53. The summed E-state index contributed by atoms with van der Waals surface area (Å²) in [5, 5.41) is 5.90. The molecule has 0 saturated heterocycles. The van der Waals surface area contributed by atoms with Crippen molar-refractivity contribution in [3.8, 4) is 0 Å². The molecule has 0 fully saturated rings. The summed E-state index contributed by atoms with van der Waals surface area (Å²) >= 11 is 13.3. The summed E-state index contributed by atoms with van der Waals surface area (Å²) in [5.74, 6) is -0.0754. The van der Waals surface area contributed by atoms with Crippen LogP contribution in [0.4, 0.5) is 0 Å². The van der Waals surface area contributed by atoms with Crippen molar-refractivity contribution in [1.29, 1.82) is 0 Å². The minimum Gasteiger partial charge on any atom is -0.347 e. The van der Waals surface area contributed by atoms with Crippen LogP contribution in [0.1, 0.15) is 20.8 Å². The van der Waals surface area contributed by atoms with E-state index in [1.54, 1.807) is 12.1 Å². The highest BCUT2D eigenvalue weighted by atomic mass is 35.5. The van der Waals surface area contributed by atoms with Gasteiger partial charge in [0.2, 0.25) is 0 Å². The Morgan fingerprint density at radius 1 is 1.33 bits per heavy atom. The summed E-state index contributed by atoms with van der Waals surface area (Å²) in [5.41, 5.74) is 1.84. The van der Waals surface area contributed by atoms with Gasteiger partial charge < -0.3 is 5.32 Å². The third-order valence-electron chi connectivity index (χ3n) is 2.52. The summed E-state index contributed by atoms with van der Waals surface area (Å²) in [7, 11) is 0. The van der Waals surface area contributed by atoms with Gasteiger partial charge in [-0.05, 0) is 41.6 Å². The quantitative estimate of drug-likeness (QED) is 0.900. The van der Waals surface area contributed by atoms with Crippen LogP contribution in [0.15, 0.2) is 29.6 Å². The van der Waals surface area contributed by atoms with E-state index in [9.17, 15) is 4.79 Å². The van der Waals surface area contributed by atoms with E-state index in [0.29, 0.717) is 16.6 Å². The van der Waals surface area contributed by atoms with Crippen LogP contribution in [0.2, 0.25) is 10.0 Å². The van der Waals surface area contributed by atoms with Gasteiger partial charge >= 0.3 is 0 Å². The fourth-order valence-corrected chi connectivity index (χ4v) is 2.84. The first-order valence-corrected chi connectivity index (χ1v) is 6.97. The molecule has 0 saturated carbocycles. The predicted octanol–water partition coefficient (Wildman–Crippen LogP) is 4.29. The first-order valence-electron chi connectivity index (χ1n) is 5.34. The summed E-state index contributed by atoms with van der Waals surface area (Å²) in [6, 6.07) is 7.16. The molecule has 0 aliphatic heterocycles. The van der Waals surface area contributed by atoms with Crippen molar-refractivity contribution in [3.63, 3.8) is 0 Å². The fraction of sp³-hybridized carbons (Fsp3) is 0.154. The van der Waals surface area contributed by atoms with Crippen molar-refractivity contribution < 1.29 is 4.79 Å². The second-order valence-corrected chi connectivity index (χ2v) is 5.61. The van der Waals surface area contributed by atoms with E-state index in [1.165, 1.54) is 11.3 Å². The van der Waals surface area contributed by atoms with E-state index >= 15 is 0 Å². The molecule has 2 rings (SSSR count). The standard InChI is InChI=1S/C13H11Cl2NOS/c1-8-4-5-18-12(8)13(17)16-7-9-2-3-10(14)6-11(9)15/h2-6H,7H2,1H3,(H,16,17). The first-order chi connectivity index (χ1) is 8.58. The van der Waals surface area contributed by atoms with Gasteiger partial charge in [0.15, 0.2) is 0 Å². The van der Waals surface area contributed by atoms with Crippen LogP contribution in [0.3, 0.4) is 0 Å². The van der Waals surface area contributed by atoms with Gasteiger partial charge in [-0.2, -0.15) is 0 Å². The van der Waals surface area contributed by atoms with Crippen LogP contribution in [0, 0.1) is 6.92 Å². The lowest BCUT2D eigenvalue weighted by molar-refractivity contribution is 0.0954. The maximum absolute atomic E-state index is 11.9. The van der Waals surface area contributed by atoms with Crippen molar-refractivity contribution >= 4 is 40.4 Å². The van der Waals surface area contributed by atoms with Crippen molar-refractivity contribution in [1.82, 2.24) is 5.32 Å². The largest absolute Gasteiger partial charge is 0.347 e. The van der Waals surface area contributed by atoms with E-state index in [4.69, 9.17) is 23.2 Å². The molecular formula is C13H11Cl2NOS. The molecule has 0 spiro atoms. The molecule has 1 heterocycles. The summed E-state index contributed by atoms with van der Waals surface area (Å²) < 4.78 is 0. The zero-order valence-corrected chi connectivity index (χ0v) is 12.0. The van der Waals surface area contributed by atoms with Gasteiger partial charge in [0.1, 0.15) is 0 Å². The van der Waals surface area contributed by atoms with Gasteiger partial charge in [0, 0.05) is 16.6 Å². The maximum atomic E-state index is 11.9. The zero-order chi connectivity index (χ0) is 13.1. The van der Waals surface area contributed by atoms with Crippen LogP contribution < -0.4 is 5.32 Å². The number of hydrogen-bond donors (Lipinski definition) is 1. The van der Waals surface area contributed by atoms with E-state index in [0.717, 1.165) is 16.0 Å². The average molecular weight is 300 g/mol. The Kier molecular flexibility index (Phi) is 4.27. The summed E-state index contributed by atoms with van der Waals surface area (Å²) in [4.78, 5) is 12.6. The molecule has 18 heavy (non-hydrogen) atoms. The highest BCUT2D eigenvalue weighted by Crippen LogP contribution is 2.21. The lowest BCUT2D eigenvalue weighted by atomic mass is 10.2. The van der Waals surface area contributed by atoms with Crippen LogP contribution in [-0.4, -0.2) is 5.91 Å². The Labute approximate surface area is 120 Å². The van der Waals surface area contributed by atoms with Gasteiger partial charge in [-0.3, -0.25) is 4.79 Å². The van der Waals surface area contributed by atoms with Crippen LogP contribution in [0.5, 0.6) is 0 Å². The molecule has 1 amide bonds. The predicted molar refractivity (Wildman–Crippen MR) is 76.7 cm³/mol. The number of nitrogens with one attached hydrogen (secondary N) is 1. The van der Waals surface area contributed by atoms with Gasteiger partial charge in [0.25, 0.3) is 5.91 Å². The minimum atomic E-state index is -0.0754. The first kappa shape index (κ1) is 13.4. The van der Waals surface area contributed by atoms with E-state index in [1.807, 2.05) is 24.4 Å². The topological polar surface area (TPSA) is 29.1 Å². The summed E-state index contributed by atoms with van der Waals surface area (Å²) in [6.45, 7) is 2.31. The highest BCUT2D eigenvalue weighted by Gasteiger charge is 2.10. The smallest absolute Gasteiger partial charge is 0.261 e. The number of carbonyl (C=O) groups excluding carboxylic acids is 1. The zero-order valence-electron chi connectivity index (χ0n) is 9.67. The molecule has 1 aromatic heterocycles.